The van der Waals surface area contributed by atoms with Gasteiger partial charge in [-0.2, -0.15) is 0 Å². The first-order valence-electron chi connectivity index (χ1n) is 6.23. The van der Waals surface area contributed by atoms with Crippen LogP contribution in [0.15, 0.2) is 36.7 Å². The smallest absolute Gasteiger partial charge is 0.336 e. The van der Waals surface area contributed by atoms with Crippen molar-refractivity contribution >= 4 is 5.97 Å². The molecule has 1 heterocycles. The number of rotatable bonds is 5. The van der Waals surface area contributed by atoms with Crippen molar-refractivity contribution in [1.29, 1.82) is 0 Å². The van der Waals surface area contributed by atoms with E-state index >= 15 is 0 Å². The zero-order valence-corrected chi connectivity index (χ0v) is 11.0. The zero-order valence-electron chi connectivity index (χ0n) is 11.0. The summed E-state index contributed by atoms with van der Waals surface area (Å²) in [5.74, 6) is -1.21. The summed E-state index contributed by atoms with van der Waals surface area (Å²) in [7, 11) is 0. The number of ether oxygens (including phenoxy) is 1. The summed E-state index contributed by atoms with van der Waals surface area (Å²) in [6.07, 6.45) is 3.95. The number of aromatic nitrogens is 1. The van der Waals surface area contributed by atoms with Gasteiger partial charge >= 0.3 is 5.97 Å². The van der Waals surface area contributed by atoms with Crippen LogP contribution >= 0.6 is 0 Å². The Hall–Kier alpha value is -2.43. The first-order valence-corrected chi connectivity index (χ1v) is 6.23. The lowest BCUT2D eigenvalue weighted by molar-refractivity contribution is 0.0697. The highest BCUT2D eigenvalue weighted by molar-refractivity contribution is 5.96. The molecule has 0 saturated carbocycles. The molecule has 1 N–H and O–H groups in total. The molecule has 1 aromatic carbocycles. The van der Waals surface area contributed by atoms with Crippen LogP contribution in [0.25, 0.3) is 11.1 Å². The average molecular weight is 275 g/mol. The third kappa shape index (κ3) is 3.12. The lowest BCUT2D eigenvalue weighted by atomic mass is 10.0. The number of pyridine rings is 1. The van der Waals surface area contributed by atoms with Crippen molar-refractivity contribution in [3.05, 3.63) is 48.0 Å². The summed E-state index contributed by atoms with van der Waals surface area (Å²) < 4.78 is 18.6. The lowest BCUT2D eigenvalue weighted by Crippen LogP contribution is -2.01. The van der Waals surface area contributed by atoms with Crippen LogP contribution in [-0.4, -0.2) is 22.7 Å². The number of carboxylic acid groups (broad SMARTS) is 1. The highest BCUT2D eigenvalue weighted by Gasteiger charge is 2.13. The Morgan fingerprint density at radius 2 is 2.15 bits per heavy atom. The van der Waals surface area contributed by atoms with Gasteiger partial charge in [0, 0.05) is 11.8 Å². The van der Waals surface area contributed by atoms with Crippen LogP contribution in [-0.2, 0) is 0 Å². The molecular weight excluding hydrogens is 261 g/mol. The van der Waals surface area contributed by atoms with E-state index in [9.17, 15) is 9.18 Å². The van der Waals surface area contributed by atoms with Crippen LogP contribution in [0.4, 0.5) is 4.39 Å². The first-order chi connectivity index (χ1) is 9.61. The lowest BCUT2D eigenvalue weighted by Gasteiger charge is -2.09. The molecule has 5 heteroatoms. The predicted molar refractivity (Wildman–Crippen MR) is 72.4 cm³/mol. The third-order valence-corrected chi connectivity index (χ3v) is 2.71. The van der Waals surface area contributed by atoms with Gasteiger partial charge in [-0.1, -0.05) is 13.0 Å². The van der Waals surface area contributed by atoms with Crippen LogP contribution in [0.1, 0.15) is 23.7 Å². The predicted octanol–water partition coefficient (Wildman–Crippen LogP) is 3.37. The van der Waals surface area contributed by atoms with Crippen molar-refractivity contribution in [2.45, 2.75) is 13.3 Å². The van der Waals surface area contributed by atoms with Crippen LogP contribution < -0.4 is 4.74 Å². The molecule has 2 aromatic rings. The van der Waals surface area contributed by atoms with Crippen molar-refractivity contribution in [2.24, 2.45) is 0 Å². The summed E-state index contributed by atoms with van der Waals surface area (Å²) in [6.45, 7) is 2.54. The van der Waals surface area contributed by atoms with E-state index in [0.29, 0.717) is 23.5 Å². The second kappa shape index (κ2) is 6.14. The molecule has 20 heavy (non-hydrogen) atoms. The van der Waals surface area contributed by atoms with Crippen LogP contribution in [0.2, 0.25) is 0 Å². The number of hydrogen-bond acceptors (Lipinski definition) is 3. The van der Waals surface area contributed by atoms with E-state index in [-0.39, 0.29) is 5.56 Å². The molecular formula is C15H14FNO3. The molecule has 1 aromatic heterocycles. The topological polar surface area (TPSA) is 59.4 Å². The fourth-order valence-corrected chi connectivity index (χ4v) is 1.81. The van der Waals surface area contributed by atoms with Gasteiger partial charge in [0.1, 0.15) is 11.6 Å². The molecule has 0 radical (unpaired) electrons. The number of carboxylic acids is 1. The van der Waals surface area contributed by atoms with Crippen LogP contribution in [0.5, 0.6) is 5.75 Å². The van der Waals surface area contributed by atoms with Crippen molar-refractivity contribution in [2.75, 3.05) is 6.61 Å². The second-order valence-corrected chi connectivity index (χ2v) is 4.25. The maximum Gasteiger partial charge on any atom is 0.336 e. The molecule has 0 bridgehead atoms. The Bertz CT molecular complexity index is 628. The zero-order chi connectivity index (χ0) is 14.5. The molecule has 0 aliphatic carbocycles. The fourth-order valence-electron chi connectivity index (χ4n) is 1.81. The molecule has 0 aliphatic rings. The Morgan fingerprint density at radius 3 is 2.85 bits per heavy atom. The Morgan fingerprint density at radius 1 is 1.35 bits per heavy atom. The number of carbonyl (C=O) groups is 1. The molecule has 0 amide bonds. The number of nitrogens with zero attached hydrogens (tertiary/aromatic N) is 1. The largest absolute Gasteiger partial charge is 0.492 e. The van der Waals surface area contributed by atoms with Gasteiger partial charge in [-0.3, -0.25) is 4.98 Å². The van der Waals surface area contributed by atoms with E-state index < -0.39 is 11.8 Å². The van der Waals surface area contributed by atoms with Gasteiger partial charge in [-0.15, -0.1) is 0 Å². The minimum atomic E-state index is -1.18. The van der Waals surface area contributed by atoms with E-state index in [2.05, 4.69) is 4.98 Å². The van der Waals surface area contributed by atoms with E-state index in [1.54, 1.807) is 12.3 Å². The highest BCUT2D eigenvalue weighted by atomic mass is 19.1. The van der Waals surface area contributed by atoms with Gasteiger partial charge < -0.3 is 9.84 Å². The molecule has 0 saturated heterocycles. The molecule has 4 nitrogen and oxygen atoms in total. The fraction of sp³-hybridized carbons (Fsp3) is 0.200. The molecule has 0 aliphatic heterocycles. The van der Waals surface area contributed by atoms with Gasteiger partial charge in [0.15, 0.2) is 0 Å². The van der Waals surface area contributed by atoms with Gasteiger partial charge in [0.2, 0.25) is 0 Å². The summed E-state index contributed by atoms with van der Waals surface area (Å²) >= 11 is 0. The summed E-state index contributed by atoms with van der Waals surface area (Å²) in [5, 5.41) is 9.14. The third-order valence-electron chi connectivity index (χ3n) is 2.71. The van der Waals surface area contributed by atoms with E-state index in [0.717, 1.165) is 12.5 Å². The maximum atomic E-state index is 13.2. The Labute approximate surface area is 115 Å². The average Bonchev–Trinajstić information content (AvgIpc) is 2.45. The summed E-state index contributed by atoms with van der Waals surface area (Å²) in [6, 6.07) is 5.35. The monoisotopic (exact) mass is 275 g/mol. The number of hydrogen-bond donors (Lipinski definition) is 1. The number of benzene rings is 1. The minimum Gasteiger partial charge on any atom is -0.492 e. The van der Waals surface area contributed by atoms with Gasteiger partial charge in [0.25, 0.3) is 0 Å². The normalized spacial score (nSPS) is 10.3. The van der Waals surface area contributed by atoms with E-state index in [1.165, 1.54) is 18.3 Å². The number of aromatic carboxylic acids is 1. The minimum absolute atomic E-state index is 0.0977. The van der Waals surface area contributed by atoms with Crippen molar-refractivity contribution in [3.63, 3.8) is 0 Å². The Balaban J connectivity index is 2.43. The molecule has 0 atom stereocenters. The summed E-state index contributed by atoms with van der Waals surface area (Å²) in [4.78, 5) is 15.2. The molecule has 104 valence electrons. The highest BCUT2D eigenvalue weighted by Crippen LogP contribution is 2.27. The Kier molecular flexibility index (Phi) is 4.30. The summed E-state index contributed by atoms with van der Waals surface area (Å²) in [5.41, 5.74) is 0.892. The van der Waals surface area contributed by atoms with Gasteiger partial charge in [0.05, 0.1) is 18.4 Å². The SMILES string of the molecule is CCCOc1cncc(-c2ccc(F)cc2C(=O)O)c1. The maximum absolute atomic E-state index is 13.2. The van der Waals surface area contributed by atoms with Gasteiger partial charge in [-0.25, -0.2) is 9.18 Å². The van der Waals surface area contributed by atoms with Crippen molar-refractivity contribution in [3.8, 4) is 16.9 Å². The van der Waals surface area contributed by atoms with E-state index in [4.69, 9.17) is 9.84 Å². The number of halogens is 1. The van der Waals surface area contributed by atoms with Crippen molar-refractivity contribution in [1.82, 2.24) is 4.98 Å². The first kappa shape index (κ1) is 14.0. The van der Waals surface area contributed by atoms with Crippen molar-refractivity contribution < 1.29 is 19.0 Å². The van der Waals surface area contributed by atoms with Crippen LogP contribution in [0, 0.1) is 5.82 Å². The standard InChI is InChI=1S/C15H14FNO3/c1-2-5-20-12-6-10(8-17-9-12)13-4-3-11(16)7-14(13)15(18)19/h3-4,6-9H,2,5H2,1H3,(H,18,19). The molecule has 0 fully saturated rings. The quantitative estimate of drug-likeness (QED) is 0.908. The second-order valence-electron chi connectivity index (χ2n) is 4.25. The molecule has 2 rings (SSSR count). The van der Waals surface area contributed by atoms with Crippen LogP contribution in [0.3, 0.4) is 0 Å². The van der Waals surface area contributed by atoms with E-state index in [1.807, 2.05) is 6.92 Å². The molecule has 0 unspecified atom stereocenters. The van der Waals surface area contributed by atoms with Gasteiger partial charge in [-0.05, 0) is 30.2 Å². The molecule has 0 spiro atoms.